The molecule has 0 spiro atoms. The molecule has 0 aliphatic rings. The molecule has 0 unspecified atom stereocenters. The molecule has 1 aromatic heterocycles. The SMILES string of the molecule is Cc1c(C(=O)N[C@H](C(=O)O)C(C)C)cnn1-c1ccccc1Cl. The summed E-state index contributed by atoms with van der Waals surface area (Å²) in [6.45, 7) is 5.20. The van der Waals surface area contributed by atoms with E-state index < -0.39 is 17.9 Å². The predicted octanol–water partition coefficient (Wildman–Crippen LogP) is 2.67. The first kappa shape index (κ1) is 17.0. The van der Waals surface area contributed by atoms with Gasteiger partial charge in [-0.2, -0.15) is 5.10 Å². The number of carboxylic acids is 1. The number of aliphatic carboxylic acids is 1. The Labute approximate surface area is 139 Å². The average Bonchev–Trinajstić information content (AvgIpc) is 2.86. The standard InChI is InChI=1S/C16H18ClN3O3/c1-9(2)14(16(22)23)19-15(21)11-8-18-20(10(11)3)13-7-5-4-6-12(13)17/h4-9,14H,1-3H3,(H,19,21)(H,22,23)/t14-/m0/s1. The Morgan fingerprint density at radius 3 is 2.52 bits per heavy atom. The van der Waals surface area contributed by atoms with Crippen molar-refractivity contribution in [2.24, 2.45) is 5.92 Å². The summed E-state index contributed by atoms with van der Waals surface area (Å²) in [7, 11) is 0. The third-order valence-corrected chi connectivity index (χ3v) is 3.87. The zero-order valence-electron chi connectivity index (χ0n) is 13.1. The van der Waals surface area contributed by atoms with Crippen LogP contribution >= 0.6 is 11.6 Å². The first-order valence-electron chi connectivity index (χ1n) is 7.16. The smallest absolute Gasteiger partial charge is 0.326 e. The highest BCUT2D eigenvalue weighted by Gasteiger charge is 2.25. The van der Waals surface area contributed by atoms with Crippen molar-refractivity contribution in [3.05, 3.63) is 46.7 Å². The number of nitrogens with one attached hydrogen (secondary N) is 1. The van der Waals surface area contributed by atoms with Gasteiger partial charge in [-0.15, -0.1) is 0 Å². The van der Waals surface area contributed by atoms with Crippen molar-refractivity contribution >= 4 is 23.5 Å². The number of hydrogen-bond acceptors (Lipinski definition) is 3. The van der Waals surface area contributed by atoms with E-state index in [1.807, 2.05) is 6.07 Å². The number of aromatic nitrogens is 2. The summed E-state index contributed by atoms with van der Waals surface area (Å²) in [6.07, 6.45) is 1.41. The van der Waals surface area contributed by atoms with Crippen LogP contribution in [0, 0.1) is 12.8 Å². The van der Waals surface area contributed by atoms with Crippen molar-refractivity contribution in [1.29, 1.82) is 0 Å². The van der Waals surface area contributed by atoms with Crippen molar-refractivity contribution in [1.82, 2.24) is 15.1 Å². The number of para-hydroxylation sites is 1. The van der Waals surface area contributed by atoms with Crippen molar-refractivity contribution in [2.75, 3.05) is 0 Å². The lowest BCUT2D eigenvalue weighted by Gasteiger charge is -2.17. The maximum atomic E-state index is 12.4. The van der Waals surface area contributed by atoms with Gasteiger partial charge in [-0.1, -0.05) is 37.6 Å². The summed E-state index contributed by atoms with van der Waals surface area (Å²) in [4.78, 5) is 23.6. The lowest BCUT2D eigenvalue weighted by Crippen LogP contribution is -2.44. The summed E-state index contributed by atoms with van der Waals surface area (Å²) in [5.41, 5.74) is 1.56. The fourth-order valence-electron chi connectivity index (χ4n) is 2.23. The molecule has 122 valence electrons. The molecule has 0 saturated carbocycles. The first-order chi connectivity index (χ1) is 10.8. The fraction of sp³-hybridized carbons (Fsp3) is 0.312. The van der Waals surface area contributed by atoms with Crippen LogP contribution in [0.5, 0.6) is 0 Å². The van der Waals surface area contributed by atoms with Crippen molar-refractivity contribution < 1.29 is 14.7 Å². The van der Waals surface area contributed by atoms with E-state index >= 15 is 0 Å². The van der Waals surface area contributed by atoms with Crippen LogP contribution in [-0.2, 0) is 4.79 Å². The second-order valence-corrected chi connectivity index (χ2v) is 5.95. The Kier molecular flexibility index (Phi) is 5.05. The van der Waals surface area contributed by atoms with Crippen molar-refractivity contribution in [3.63, 3.8) is 0 Å². The van der Waals surface area contributed by atoms with Gasteiger partial charge in [-0.25, -0.2) is 9.48 Å². The summed E-state index contributed by atoms with van der Waals surface area (Å²) in [5.74, 6) is -1.76. The minimum Gasteiger partial charge on any atom is -0.480 e. The van der Waals surface area contributed by atoms with Crippen LogP contribution in [0.1, 0.15) is 29.9 Å². The Morgan fingerprint density at radius 1 is 1.30 bits per heavy atom. The molecule has 2 aromatic rings. The molecule has 2 rings (SSSR count). The number of hydrogen-bond donors (Lipinski definition) is 2. The highest BCUT2D eigenvalue weighted by Crippen LogP contribution is 2.22. The quantitative estimate of drug-likeness (QED) is 0.879. The molecule has 0 bridgehead atoms. The molecular weight excluding hydrogens is 318 g/mol. The molecule has 1 heterocycles. The summed E-state index contributed by atoms with van der Waals surface area (Å²) in [6, 6.07) is 6.19. The van der Waals surface area contributed by atoms with Gasteiger partial charge >= 0.3 is 5.97 Å². The van der Waals surface area contributed by atoms with E-state index in [1.54, 1.807) is 43.7 Å². The number of benzene rings is 1. The van der Waals surface area contributed by atoms with Gasteiger partial charge < -0.3 is 10.4 Å². The Balaban J connectivity index is 2.31. The summed E-state index contributed by atoms with van der Waals surface area (Å²) in [5, 5.41) is 16.4. The molecule has 0 saturated heterocycles. The number of halogens is 1. The number of carbonyl (C=O) groups is 2. The Hall–Kier alpha value is -2.34. The van der Waals surface area contributed by atoms with Crippen molar-refractivity contribution in [2.45, 2.75) is 26.8 Å². The second-order valence-electron chi connectivity index (χ2n) is 5.54. The predicted molar refractivity (Wildman–Crippen MR) is 87.0 cm³/mol. The van der Waals surface area contributed by atoms with Crippen LogP contribution in [0.25, 0.3) is 5.69 Å². The molecule has 0 aliphatic carbocycles. The highest BCUT2D eigenvalue weighted by molar-refractivity contribution is 6.32. The fourth-order valence-corrected chi connectivity index (χ4v) is 2.45. The van der Waals surface area contributed by atoms with Crippen LogP contribution in [0.4, 0.5) is 0 Å². The first-order valence-corrected chi connectivity index (χ1v) is 7.54. The van der Waals surface area contributed by atoms with E-state index in [0.717, 1.165) is 0 Å². The largest absolute Gasteiger partial charge is 0.480 e. The minimum atomic E-state index is -1.07. The van der Waals surface area contributed by atoms with Crippen LogP contribution < -0.4 is 5.32 Å². The molecule has 23 heavy (non-hydrogen) atoms. The molecule has 6 nitrogen and oxygen atoms in total. The number of nitrogens with zero attached hydrogens (tertiary/aromatic N) is 2. The number of amides is 1. The number of carbonyl (C=O) groups excluding carboxylic acids is 1. The molecule has 1 atom stereocenters. The molecule has 0 fully saturated rings. The van der Waals surface area contributed by atoms with Gasteiger partial charge in [0.2, 0.25) is 0 Å². The Bertz CT molecular complexity index is 740. The molecule has 1 aromatic carbocycles. The lowest BCUT2D eigenvalue weighted by atomic mass is 10.0. The molecular formula is C16H18ClN3O3. The van der Waals surface area contributed by atoms with Crippen LogP contribution in [0.2, 0.25) is 5.02 Å². The van der Waals surface area contributed by atoms with E-state index in [4.69, 9.17) is 11.6 Å². The zero-order chi connectivity index (χ0) is 17.1. The van der Waals surface area contributed by atoms with E-state index in [2.05, 4.69) is 10.4 Å². The third kappa shape index (κ3) is 3.53. The van der Waals surface area contributed by atoms with E-state index in [-0.39, 0.29) is 5.92 Å². The Morgan fingerprint density at radius 2 is 1.96 bits per heavy atom. The van der Waals surface area contributed by atoms with E-state index in [0.29, 0.717) is 22.0 Å². The van der Waals surface area contributed by atoms with Gasteiger partial charge in [0.1, 0.15) is 6.04 Å². The van der Waals surface area contributed by atoms with Crippen molar-refractivity contribution in [3.8, 4) is 5.69 Å². The molecule has 7 heteroatoms. The lowest BCUT2D eigenvalue weighted by molar-refractivity contribution is -0.140. The average molecular weight is 336 g/mol. The number of rotatable bonds is 5. The minimum absolute atomic E-state index is 0.227. The van der Waals surface area contributed by atoms with E-state index in [1.165, 1.54) is 6.20 Å². The normalized spacial score (nSPS) is 12.2. The number of carboxylic acid groups (broad SMARTS) is 1. The van der Waals surface area contributed by atoms with Gasteiger partial charge in [0, 0.05) is 0 Å². The van der Waals surface area contributed by atoms with Gasteiger partial charge in [0.05, 0.1) is 28.2 Å². The molecule has 0 aliphatic heterocycles. The van der Waals surface area contributed by atoms with Crippen LogP contribution in [0.15, 0.2) is 30.5 Å². The van der Waals surface area contributed by atoms with Crippen LogP contribution in [-0.4, -0.2) is 32.8 Å². The summed E-state index contributed by atoms with van der Waals surface area (Å²) >= 11 is 6.15. The maximum absolute atomic E-state index is 12.4. The van der Waals surface area contributed by atoms with E-state index in [9.17, 15) is 14.7 Å². The van der Waals surface area contributed by atoms with Gasteiger partial charge in [-0.05, 0) is 25.0 Å². The molecule has 1 amide bonds. The van der Waals surface area contributed by atoms with Gasteiger partial charge in [0.25, 0.3) is 5.91 Å². The molecule has 0 radical (unpaired) electrons. The second kappa shape index (κ2) is 6.83. The summed E-state index contributed by atoms with van der Waals surface area (Å²) < 4.78 is 1.56. The highest BCUT2D eigenvalue weighted by atomic mass is 35.5. The van der Waals surface area contributed by atoms with Gasteiger partial charge in [0.15, 0.2) is 0 Å². The monoisotopic (exact) mass is 335 g/mol. The van der Waals surface area contributed by atoms with Gasteiger partial charge in [-0.3, -0.25) is 4.79 Å². The topological polar surface area (TPSA) is 84.2 Å². The molecule has 2 N–H and O–H groups in total. The maximum Gasteiger partial charge on any atom is 0.326 e. The third-order valence-electron chi connectivity index (χ3n) is 3.55. The zero-order valence-corrected chi connectivity index (χ0v) is 13.8. The van der Waals surface area contributed by atoms with Crippen LogP contribution in [0.3, 0.4) is 0 Å².